The first-order chi connectivity index (χ1) is 22.9. The minimum absolute atomic E-state index is 0.0397. The first-order valence-electron chi connectivity index (χ1n) is 17.0. The number of benzene rings is 6. The fraction of sp³-hybridized carbons (Fsp3) is 0.200. The molecule has 47 heavy (non-hydrogen) atoms. The van der Waals surface area contributed by atoms with Crippen LogP contribution in [0.2, 0.25) is 0 Å². The Kier molecular flexibility index (Phi) is 6.18. The van der Waals surface area contributed by atoms with Crippen molar-refractivity contribution in [3.63, 3.8) is 0 Å². The van der Waals surface area contributed by atoms with Gasteiger partial charge >= 0.3 is 0 Å². The summed E-state index contributed by atoms with van der Waals surface area (Å²) in [6, 6.07) is 52.2. The van der Waals surface area contributed by atoms with Crippen molar-refractivity contribution in [1.82, 2.24) is 0 Å². The van der Waals surface area contributed by atoms with Gasteiger partial charge in [-0.3, -0.25) is 0 Å². The van der Waals surface area contributed by atoms with Crippen LogP contribution in [0.3, 0.4) is 0 Å². The van der Waals surface area contributed by atoms with Gasteiger partial charge in [0.2, 0.25) is 0 Å². The van der Waals surface area contributed by atoms with E-state index in [2.05, 4.69) is 146 Å². The molecule has 0 saturated heterocycles. The van der Waals surface area contributed by atoms with Crippen LogP contribution in [0.15, 0.2) is 146 Å². The fourth-order valence-electron chi connectivity index (χ4n) is 9.56. The van der Waals surface area contributed by atoms with Crippen LogP contribution in [-0.2, 0) is 10.8 Å². The van der Waals surface area contributed by atoms with Crippen molar-refractivity contribution in [3.8, 4) is 22.3 Å². The Balaban J connectivity index is 1.24. The summed E-state index contributed by atoms with van der Waals surface area (Å²) in [6.07, 6.45) is 4.61. The first-order valence-corrected chi connectivity index (χ1v) is 17.0. The molecule has 2 aliphatic carbocycles. The summed E-state index contributed by atoms with van der Waals surface area (Å²) in [5.74, 6) is -0.186. The molecular weight excluding hydrogens is 574 g/mol. The molecule has 2 atom stereocenters. The highest BCUT2D eigenvalue weighted by molar-refractivity contribution is 5.89. The molecule has 2 heteroatoms. The van der Waals surface area contributed by atoms with E-state index in [1.165, 1.54) is 68.6 Å². The van der Waals surface area contributed by atoms with Crippen LogP contribution in [0.5, 0.6) is 0 Å². The Bertz CT molecular complexity index is 2110. The molecule has 1 saturated carbocycles. The monoisotopic (exact) mass is 611 g/mol. The molecule has 0 spiro atoms. The maximum Gasteiger partial charge on any atom is 0.125 e. The lowest BCUT2D eigenvalue weighted by molar-refractivity contribution is 0.195. The van der Waals surface area contributed by atoms with Crippen molar-refractivity contribution < 1.29 is 4.39 Å². The highest BCUT2D eigenvalue weighted by atomic mass is 19.1. The van der Waals surface area contributed by atoms with Crippen LogP contribution in [0, 0.1) is 5.82 Å². The predicted molar refractivity (Wildman–Crippen MR) is 192 cm³/mol. The van der Waals surface area contributed by atoms with E-state index < -0.39 is 5.41 Å². The van der Waals surface area contributed by atoms with Gasteiger partial charge in [-0.15, -0.1) is 0 Å². The van der Waals surface area contributed by atoms with Gasteiger partial charge in [-0.1, -0.05) is 129 Å². The minimum atomic E-state index is -0.395. The summed E-state index contributed by atoms with van der Waals surface area (Å²) < 4.78 is 14.6. The Labute approximate surface area is 277 Å². The number of hydrogen-bond acceptors (Lipinski definition) is 1. The van der Waals surface area contributed by atoms with Gasteiger partial charge in [-0.05, 0) is 106 Å². The van der Waals surface area contributed by atoms with E-state index in [1.54, 1.807) is 12.1 Å². The third-order valence-electron chi connectivity index (χ3n) is 12.0. The molecule has 6 aromatic carbocycles. The summed E-state index contributed by atoms with van der Waals surface area (Å²) in [6.45, 7) is 4.84. The SMILES string of the molecule is CC12CCCCC1(C)N(c1cccc(F)c1)c1ccc(-c3ccc4c(c3)-c3ccccc3C4(c3ccccc3)c3ccccc3)cc12. The van der Waals surface area contributed by atoms with Crippen molar-refractivity contribution in [2.75, 3.05) is 4.90 Å². The van der Waals surface area contributed by atoms with Crippen molar-refractivity contribution >= 4 is 11.4 Å². The van der Waals surface area contributed by atoms with Crippen LogP contribution in [0.25, 0.3) is 22.3 Å². The number of nitrogens with zero attached hydrogens (tertiary/aromatic N) is 1. The lowest BCUT2D eigenvalue weighted by Gasteiger charge is -2.50. The molecule has 0 amide bonds. The number of halogens is 1. The summed E-state index contributed by atoms with van der Waals surface area (Å²) in [5.41, 5.74) is 13.2. The van der Waals surface area contributed by atoms with Crippen LogP contribution < -0.4 is 4.90 Å². The number of hydrogen-bond donors (Lipinski definition) is 0. The lowest BCUT2D eigenvalue weighted by atomic mass is 9.61. The maximum atomic E-state index is 14.6. The molecule has 1 nitrogen and oxygen atoms in total. The van der Waals surface area contributed by atoms with Gasteiger partial charge in [0.25, 0.3) is 0 Å². The Morgan fingerprint density at radius 1 is 0.532 bits per heavy atom. The van der Waals surface area contributed by atoms with Crippen LogP contribution in [-0.4, -0.2) is 5.54 Å². The molecule has 0 radical (unpaired) electrons. The molecule has 0 aromatic heterocycles. The predicted octanol–water partition coefficient (Wildman–Crippen LogP) is 11.6. The average molecular weight is 612 g/mol. The number of anilines is 2. The second-order valence-corrected chi connectivity index (χ2v) is 14.1. The topological polar surface area (TPSA) is 3.24 Å². The smallest absolute Gasteiger partial charge is 0.125 e. The van der Waals surface area contributed by atoms with Gasteiger partial charge in [0.1, 0.15) is 5.82 Å². The van der Waals surface area contributed by atoms with E-state index in [1.807, 2.05) is 6.07 Å². The van der Waals surface area contributed by atoms with E-state index in [0.29, 0.717) is 0 Å². The molecular formula is C45H38FN. The standard InChI is InChI=1S/C45H38FN/c1-43-26-11-12-27-44(43,2)47(36-19-13-18-35(46)30-36)42-25-23-32(29-41(42)43)31-22-24-40-38(28-31)37-20-9-10-21-39(37)45(40,33-14-5-3-6-15-33)34-16-7-4-8-17-34/h3-10,13-25,28-30H,11-12,26-27H2,1-2H3. The molecule has 9 rings (SSSR count). The molecule has 0 bridgehead atoms. The Morgan fingerprint density at radius 3 is 1.91 bits per heavy atom. The third-order valence-corrected chi connectivity index (χ3v) is 12.0. The second kappa shape index (κ2) is 10.3. The van der Waals surface area contributed by atoms with Crippen LogP contribution in [0.1, 0.15) is 67.3 Å². The zero-order valence-electron chi connectivity index (χ0n) is 27.0. The van der Waals surface area contributed by atoms with E-state index in [9.17, 15) is 4.39 Å². The zero-order chi connectivity index (χ0) is 31.8. The van der Waals surface area contributed by atoms with Gasteiger partial charge < -0.3 is 4.90 Å². The van der Waals surface area contributed by atoms with Gasteiger partial charge in [0, 0.05) is 16.8 Å². The summed E-state index contributed by atoms with van der Waals surface area (Å²) in [4.78, 5) is 2.45. The van der Waals surface area contributed by atoms with Crippen LogP contribution in [0.4, 0.5) is 15.8 Å². The molecule has 0 N–H and O–H groups in total. The highest BCUT2D eigenvalue weighted by Gasteiger charge is 2.57. The van der Waals surface area contributed by atoms with E-state index in [0.717, 1.165) is 18.5 Å². The lowest BCUT2D eigenvalue weighted by Crippen LogP contribution is -2.54. The maximum absolute atomic E-state index is 14.6. The molecule has 230 valence electrons. The van der Waals surface area contributed by atoms with E-state index >= 15 is 0 Å². The Morgan fingerprint density at radius 2 is 1.17 bits per heavy atom. The van der Waals surface area contributed by atoms with Gasteiger partial charge in [0.05, 0.1) is 11.0 Å². The molecule has 6 aromatic rings. The molecule has 1 aliphatic heterocycles. The molecule has 3 aliphatic rings. The minimum Gasteiger partial charge on any atom is -0.334 e. The van der Waals surface area contributed by atoms with Crippen LogP contribution >= 0.6 is 0 Å². The third kappa shape index (κ3) is 3.82. The largest absolute Gasteiger partial charge is 0.334 e. The van der Waals surface area contributed by atoms with Crippen molar-refractivity contribution in [1.29, 1.82) is 0 Å². The summed E-state index contributed by atoms with van der Waals surface area (Å²) >= 11 is 0. The number of rotatable bonds is 4. The van der Waals surface area contributed by atoms with Gasteiger partial charge in [0.15, 0.2) is 0 Å². The van der Waals surface area contributed by atoms with E-state index in [-0.39, 0.29) is 16.8 Å². The summed E-state index contributed by atoms with van der Waals surface area (Å²) in [7, 11) is 0. The quantitative estimate of drug-likeness (QED) is 0.191. The molecule has 1 fully saturated rings. The van der Waals surface area contributed by atoms with Gasteiger partial charge in [-0.2, -0.15) is 0 Å². The fourth-order valence-corrected chi connectivity index (χ4v) is 9.56. The molecule has 2 unspecified atom stereocenters. The zero-order valence-corrected chi connectivity index (χ0v) is 27.0. The van der Waals surface area contributed by atoms with Crippen molar-refractivity contribution in [3.05, 3.63) is 179 Å². The summed E-state index contributed by atoms with van der Waals surface area (Å²) in [5, 5.41) is 0. The Hall–Kier alpha value is -4.95. The highest BCUT2D eigenvalue weighted by Crippen LogP contribution is 2.62. The average Bonchev–Trinajstić information content (AvgIpc) is 3.52. The van der Waals surface area contributed by atoms with Crippen molar-refractivity contribution in [2.45, 2.75) is 55.9 Å². The second-order valence-electron chi connectivity index (χ2n) is 14.1. The molecule has 1 heterocycles. The first kappa shape index (κ1) is 28.3. The number of fused-ring (bicyclic) bond motifs is 6. The van der Waals surface area contributed by atoms with E-state index in [4.69, 9.17) is 0 Å². The van der Waals surface area contributed by atoms with Crippen molar-refractivity contribution in [2.24, 2.45) is 0 Å². The van der Waals surface area contributed by atoms with Gasteiger partial charge in [-0.25, -0.2) is 4.39 Å². The normalized spacial score (nSPS) is 21.9.